The summed E-state index contributed by atoms with van der Waals surface area (Å²) >= 11 is 0. The molecule has 280 valence electrons. The second-order valence-electron chi connectivity index (χ2n) is 19.2. The van der Waals surface area contributed by atoms with E-state index >= 15 is 0 Å². The lowest BCUT2D eigenvalue weighted by atomic mass is 9.32. The van der Waals surface area contributed by atoms with Gasteiger partial charge in [-0.2, -0.15) is 0 Å². The molecule has 1 aromatic carbocycles. The van der Waals surface area contributed by atoms with E-state index in [-0.39, 0.29) is 51.7 Å². The van der Waals surface area contributed by atoms with Crippen molar-refractivity contribution in [2.24, 2.45) is 56.7 Å². The third kappa shape index (κ3) is 5.59. The highest BCUT2D eigenvalue weighted by Crippen LogP contribution is 2.77. The van der Waals surface area contributed by atoms with Crippen LogP contribution >= 0.6 is 0 Å². The fraction of sp³-hybridized carbons (Fsp3) is 0.727. The fourth-order valence-electron chi connectivity index (χ4n) is 14.0. The van der Waals surface area contributed by atoms with Crippen molar-refractivity contribution >= 4 is 17.4 Å². The van der Waals surface area contributed by atoms with Crippen molar-refractivity contribution in [2.45, 2.75) is 118 Å². The Morgan fingerprint density at radius 2 is 1.57 bits per heavy atom. The van der Waals surface area contributed by atoms with E-state index in [2.05, 4.69) is 64.4 Å². The molecule has 1 aromatic rings. The molecule has 6 aliphatic rings. The molecule has 4 saturated carbocycles. The maximum atomic E-state index is 14.5. The Morgan fingerprint density at radius 1 is 0.882 bits per heavy atom. The first-order valence-electron chi connectivity index (χ1n) is 20.0. The van der Waals surface area contributed by atoms with Gasteiger partial charge < -0.3 is 15.3 Å². The Bertz CT molecular complexity index is 1590. The minimum absolute atomic E-state index is 0.0395. The Morgan fingerprint density at radius 3 is 2.22 bits per heavy atom. The van der Waals surface area contributed by atoms with Gasteiger partial charge in [0.15, 0.2) is 0 Å². The summed E-state index contributed by atoms with van der Waals surface area (Å²) in [7, 11) is 0. The van der Waals surface area contributed by atoms with Crippen molar-refractivity contribution in [1.29, 1.82) is 0 Å². The van der Waals surface area contributed by atoms with Gasteiger partial charge in [0, 0.05) is 39.0 Å². The van der Waals surface area contributed by atoms with Crippen molar-refractivity contribution in [3.05, 3.63) is 53.6 Å². The predicted octanol–water partition coefficient (Wildman–Crippen LogP) is 9.88. The second kappa shape index (κ2) is 12.5. The highest BCUT2D eigenvalue weighted by molar-refractivity contribution is 5.88. The molecule has 0 spiro atoms. The van der Waals surface area contributed by atoms with Gasteiger partial charge in [-0.25, -0.2) is 13.6 Å². The smallest absolute Gasteiger partial charge is 0.335 e. The van der Waals surface area contributed by atoms with Gasteiger partial charge in [-0.15, -0.1) is 0 Å². The zero-order valence-electron chi connectivity index (χ0n) is 32.1. The summed E-state index contributed by atoms with van der Waals surface area (Å²) in [6, 6.07) is 7.48. The van der Waals surface area contributed by atoms with E-state index in [0.29, 0.717) is 55.4 Å². The third-order valence-electron chi connectivity index (χ3n) is 16.8. The van der Waals surface area contributed by atoms with E-state index in [1.165, 1.54) is 30.4 Å². The van der Waals surface area contributed by atoms with Crippen LogP contribution in [-0.4, -0.2) is 54.0 Å². The summed E-state index contributed by atoms with van der Waals surface area (Å²) in [5.74, 6) is -1.04. The van der Waals surface area contributed by atoms with Crippen LogP contribution in [0.2, 0.25) is 0 Å². The van der Waals surface area contributed by atoms with Crippen LogP contribution in [0, 0.1) is 56.7 Å². The minimum Gasteiger partial charge on any atom is -0.478 e. The van der Waals surface area contributed by atoms with E-state index in [9.17, 15) is 23.5 Å². The fourth-order valence-corrected chi connectivity index (χ4v) is 14.0. The number of nitrogens with one attached hydrogen (secondary N) is 1. The first-order chi connectivity index (χ1) is 23.9. The van der Waals surface area contributed by atoms with Crippen molar-refractivity contribution in [3.63, 3.8) is 0 Å². The molecule has 1 aliphatic heterocycles. The van der Waals surface area contributed by atoms with E-state index in [1.807, 2.05) is 12.1 Å². The summed E-state index contributed by atoms with van der Waals surface area (Å²) in [5, 5.41) is 12.8. The Labute approximate surface area is 305 Å². The summed E-state index contributed by atoms with van der Waals surface area (Å²) in [6.07, 6.45) is 12.0. The number of aromatic carboxylic acids is 1. The number of rotatable bonds is 7. The SMILES string of the molecule is C=C(C)C1CCC2(C(=O)NCCN3CCC(F)(F)CC3)CCC3(C)C(CCC4C5(C)CC=C(c6ccc(C(=O)O)cc6)C(C)(C)C5CCC43C)C12. The normalized spacial score (nSPS) is 41.3. The quantitative estimate of drug-likeness (QED) is 0.277. The van der Waals surface area contributed by atoms with E-state index in [4.69, 9.17) is 0 Å². The van der Waals surface area contributed by atoms with E-state index in [1.54, 1.807) is 12.1 Å². The molecule has 1 saturated heterocycles. The topological polar surface area (TPSA) is 69.6 Å². The molecule has 2 N–H and O–H groups in total. The maximum Gasteiger partial charge on any atom is 0.335 e. The third-order valence-corrected chi connectivity index (χ3v) is 16.8. The number of benzene rings is 1. The van der Waals surface area contributed by atoms with E-state index in [0.717, 1.165) is 44.1 Å². The molecule has 0 aromatic heterocycles. The van der Waals surface area contributed by atoms with Gasteiger partial charge in [0.2, 0.25) is 5.91 Å². The minimum atomic E-state index is -2.56. The molecule has 9 atom stereocenters. The van der Waals surface area contributed by atoms with Crippen molar-refractivity contribution < 1.29 is 23.5 Å². The van der Waals surface area contributed by atoms with Crippen LogP contribution in [0.15, 0.2) is 42.5 Å². The lowest BCUT2D eigenvalue weighted by Crippen LogP contribution is -2.66. The molecule has 1 heterocycles. The summed E-state index contributed by atoms with van der Waals surface area (Å²) < 4.78 is 27.5. The lowest BCUT2D eigenvalue weighted by molar-refractivity contribution is -0.225. The highest BCUT2D eigenvalue weighted by Gasteiger charge is 2.71. The molecule has 5 nitrogen and oxygen atoms in total. The Kier molecular flexibility index (Phi) is 9.03. The van der Waals surface area contributed by atoms with E-state index < -0.39 is 11.9 Å². The molecule has 7 heteroatoms. The summed E-state index contributed by atoms with van der Waals surface area (Å²) in [5.41, 5.74) is 4.06. The Balaban J connectivity index is 1.14. The van der Waals surface area contributed by atoms with Crippen LogP contribution in [0.3, 0.4) is 0 Å². The van der Waals surface area contributed by atoms with Gasteiger partial charge in [-0.3, -0.25) is 4.79 Å². The average molecular weight is 705 g/mol. The molecular weight excluding hydrogens is 642 g/mol. The first kappa shape index (κ1) is 36.8. The van der Waals surface area contributed by atoms with Gasteiger partial charge in [0.25, 0.3) is 5.92 Å². The number of likely N-dealkylation sites (tertiary alicyclic amines) is 1. The molecule has 7 rings (SSSR count). The van der Waals surface area contributed by atoms with Crippen molar-refractivity contribution in [2.75, 3.05) is 26.2 Å². The van der Waals surface area contributed by atoms with Gasteiger partial charge in [-0.1, -0.05) is 65.0 Å². The van der Waals surface area contributed by atoms with Gasteiger partial charge in [0.1, 0.15) is 0 Å². The summed E-state index contributed by atoms with van der Waals surface area (Å²) in [6.45, 7) is 21.3. The number of hydrogen-bond donors (Lipinski definition) is 2. The number of alkyl halides is 2. The average Bonchev–Trinajstić information content (AvgIpc) is 3.47. The summed E-state index contributed by atoms with van der Waals surface area (Å²) in [4.78, 5) is 28.1. The largest absolute Gasteiger partial charge is 0.478 e. The zero-order chi connectivity index (χ0) is 36.8. The number of piperidine rings is 1. The molecule has 5 fully saturated rings. The lowest BCUT2D eigenvalue weighted by Gasteiger charge is -2.72. The first-order valence-corrected chi connectivity index (χ1v) is 20.0. The molecule has 51 heavy (non-hydrogen) atoms. The zero-order valence-corrected chi connectivity index (χ0v) is 32.1. The predicted molar refractivity (Wildman–Crippen MR) is 199 cm³/mol. The standard InChI is InChI=1S/C44H62F2N2O3/c1-28(2)31-14-19-43(38(51)47-24-27-48-25-22-44(45,46)23-26-48)21-20-41(6)33(36(31)43)12-13-35-40(5)17-15-32(29-8-10-30(11-9-29)37(49)50)39(3,4)34(40)16-18-42(35,41)7/h8-11,15,31,33-36H,1,12-14,16-27H2,2-7H3,(H,47,51)(H,49,50). The van der Waals surface area contributed by atoms with Gasteiger partial charge >= 0.3 is 5.97 Å². The number of halogens is 2. The number of hydrogen-bond acceptors (Lipinski definition) is 3. The van der Waals surface area contributed by atoms with Crippen LogP contribution in [0.4, 0.5) is 8.78 Å². The van der Waals surface area contributed by atoms with Gasteiger partial charge in [-0.05, 0) is 139 Å². The number of fused-ring (bicyclic) bond motifs is 7. The Hall–Kier alpha value is -2.54. The molecule has 1 amide bonds. The van der Waals surface area contributed by atoms with Crippen LogP contribution in [0.5, 0.6) is 0 Å². The molecule has 9 unspecified atom stereocenters. The molecule has 0 radical (unpaired) electrons. The second-order valence-corrected chi connectivity index (χ2v) is 19.2. The molecule has 0 bridgehead atoms. The van der Waals surface area contributed by atoms with Crippen LogP contribution in [0.1, 0.15) is 128 Å². The van der Waals surface area contributed by atoms with Crippen molar-refractivity contribution in [3.8, 4) is 0 Å². The number of carbonyl (C=O) groups excluding carboxylic acids is 1. The highest BCUT2D eigenvalue weighted by atomic mass is 19.3. The molecule has 5 aliphatic carbocycles. The van der Waals surface area contributed by atoms with Crippen LogP contribution in [-0.2, 0) is 4.79 Å². The number of nitrogens with zero attached hydrogens (tertiary/aromatic N) is 1. The maximum absolute atomic E-state index is 14.5. The van der Waals surface area contributed by atoms with Gasteiger partial charge in [0.05, 0.1) is 11.0 Å². The number of carboxylic acid groups (broad SMARTS) is 1. The van der Waals surface area contributed by atoms with Crippen LogP contribution in [0.25, 0.3) is 5.57 Å². The van der Waals surface area contributed by atoms with Crippen molar-refractivity contribution in [1.82, 2.24) is 10.2 Å². The molecular formula is C44H62F2N2O3. The number of carbonyl (C=O) groups is 2. The monoisotopic (exact) mass is 704 g/mol. The number of amides is 1. The van der Waals surface area contributed by atoms with Crippen LogP contribution < -0.4 is 5.32 Å². The number of carboxylic acids is 1. The number of allylic oxidation sites excluding steroid dienone is 3.